The van der Waals surface area contributed by atoms with Gasteiger partial charge < -0.3 is 14.4 Å². The Morgan fingerprint density at radius 3 is 1.97 bits per heavy atom. The molecule has 0 radical (unpaired) electrons. The Balaban J connectivity index is 1.67. The second-order valence-electron chi connectivity index (χ2n) is 7.73. The molecule has 2 atom stereocenters. The van der Waals surface area contributed by atoms with Crippen LogP contribution in [0.3, 0.4) is 0 Å². The monoisotopic (exact) mass is 415 g/mol. The highest BCUT2D eigenvalue weighted by Crippen LogP contribution is 2.22. The van der Waals surface area contributed by atoms with Gasteiger partial charge in [-0.05, 0) is 36.5 Å². The number of amides is 1. The van der Waals surface area contributed by atoms with E-state index in [0.29, 0.717) is 19.4 Å². The number of carbonyl (C=O) groups excluding carboxylic acids is 2. The van der Waals surface area contributed by atoms with Crippen molar-refractivity contribution in [3.63, 3.8) is 0 Å². The molecule has 0 aliphatic rings. The van der Waals surface area contributed by atoms with Crippen molar-refractivity contribution in [1.82, 2.24) is 4.90 Å². The molecule has 0 heterocycles. The molecular formula is C27H29NO3. The van der Waals surface area contributed by atoms with Crippen molar-refractivity contribution < 1.29 is 14.3 Å². The summed E-state index contributed by atoms with van der Waals surface area (Å²) in [6.07, 6.45) is 2.03. The molecule has 0 aliphatic carbocycles. The van der Waals surface area contributed by atoms with Crippen molar-refractivity contribution in [1.29, 1.82) is 0 Å². The van der Waals surface area contributed by atoms with E-state index in [2.05, 4.69) is 0 Å². The minimum Gasteiger partial charge on any atom is -0.445 e. The molecular weight excluding hydrogens is 386 g/mol. The molecule has 3 aromatic rings. The highest BCUT2D eigenvalue weighted by molar-refractivity contribution is 5.68. The number of carbonyl (C=O) groups is 2. The Bertz CT molecular complexity index is 928. The number of benzene rings is 3. The van der Waals surface area contributed by atoms with Crippen LogP contribution in [0.15, 0.2) is 91.0 Å². The summed E-state index contributed by atoms with van der Waals surface area (Å²) >= 11 is 0. The van der Waals surface area contributed by atoms with E-state index in [-0.39, 0.29) is 24.7 Å². The van der Waals surface area contributed by atoms with E-state index in [1.165, 1.54) is 0 Å². The molecule has 0 saturated carbocycles. The fourth-order valence-corrected chi connectivity index (χ4v) is 3.57. The van der Waals surface area contributed by atoms with Crippen LogP contribution in [0, 0.1) is 0 Å². The quantitative estimate of drug-likeness (QED) is 0.383. The standard InChI is InChI=1S/C27H29NO3/c1-22(17-18-26(20-29)25-15-9-4-10-16-25)28(19-23-11-5-2-6-12-23)27(30)31-21-24-13-7-3-8-14-24/h2-16,20,22,26H,17-19,21H2,1H3. The van der Waals surface area contributed by atoms with E-state index < -0.39 is 0 Å². The van der Waals surface area contributed by atoms with Gasteiger partial charge in [0, 0.05) is 18.5 Å². The Labute approximate surface area is 184 Å². The second kappa shape index (κ2) is 11.7. The summed E-state index contributed by atoms with van der Waals surface area (Å²) < 4.78 is 5.62. The number of hydrogen-bond acceptors (Lipinski definition) is 3. The Kier molecular flexibility index (Phi) is 8.41. The summed E-state index contributed by atoms with van der Waals surface area (Å²) in [4.78, 5) is 26.4. The van der Waals surface area contributed by atoms with Crippen molar-refractivity contribution in [3.8, 4) is 0 Å². The van der Waals surface area contributed by atoms with E-state index in [4.69, 9.17) is 4.74 Å². The molecule has 3 rings (SSSR count). The smallest absolute Gasteiger partial charge is 0.410 e. The van der Waals surface area contributed by atoms with Crippen LogP contribution in [-0.4, -0.2) is 23.3 Å². The molecule has 3 aromatic carbocycles. The van der Waals surface area contributed by atoms with Crippen LogP contribution in [0.2, 0.25) is 0 Å². The van der Waals surface area contributed by atoms with Crippen LogP contribution in [0.1, 0.15) is 42.4 Å². The molecule has 2 unspecified atom stereocenters. The van der Waals surface area contributed by atoms with E-state index in [1.54, 1.807) is 4.90 Å². The molecule has 0 saturated heterocycles. The van der Waals surface area contributed by atoms with Crippen LogP contribution >= 0.6 is 0 Å². The first-order valence-corrected chi connectivity index (χ1v) is 10.7. The second-order valence-corrected chi connectivity index (χ2v) is 7.73. The summed E-state index contributed by atoms with van der Waals surface area (Å²) in [7, 11) is 0. The summed E-state index contributed by atoms with van der Waals surface area (Å²) in [6.45, 7) is 2.71. The molecule has 1 amide bonds. The molecule has 0 bridgehead atoms. The fourth-order valence-electron chi connectivity index (χ4n) is 3.57. The fraction of sp³-hybridized carbons (Fsp3) is 0.259. The Hall–Kier alpha value is -3.40. The average Bonchev–Trinajstić information content (AvgIpc) is 2.83. The van der Waals surface area contributed by atoms with Gasteiger partial charge >= 0.3 is 6.09 Å². The molecule has 0 fully saturated rings. The zero-order chi connectivity index (χ0) is 21.9. The lowest BCUT2D eigenvalue weighted by Crippen LogP contribution is -2.38. The molecule has 0 N–H and O–H groups in total. The molecule has 31 heavy (non-hydrogen) atoms. The van der Waals surface area contributed by atoms with Crippen LogP contribution in [-0.2, 0) is 22.7 Å². The SMILES string of the molecule is CC(CCC(C=O)c1ccccc1)N(Cc1ccccc1)C(=O)OCc1ccccc1. The van der Waals surface area contributed by atoms with Gasteiger partial charge in [-0.2, -0.15) is 0 Å². The Morgan fingerprint density at radius 1 is 0.839 bits per heavy atom. The predicted molar refractivity (Wildman–Crippen MR) is 123 cm³/mol. The van der Waals surface area contributed by atoms with Gasteiger partial charge in [0.1, 0.15) is 12.9 Å². The van der Waals surface area contributed by atoms with Gasteiger partial charge in [-0.15, -0.1) is 0 Å². The number of aldehydes is 1. The zero-order valence-corrected chi connectivity index (χ0v) is 17.9. The maximum Gasteiger partial charge on any atom is 0.410 e. The highest BCUT2D eigenvalue weighted by Gasteiger charge is 2.23. The van der Waals surface area contributed by atoms with Crippen LogP contribution in [0.4, 0.5) is 4.79 Å². The van der Waals surface area contributed by atoms with E-state index >= 15 is 0 Å². The Morgan fingerprint density at radius 2 is 1.39 bits per heavy atom. The van der Waals surface area contributed by atoms with Crippen molar-refractivity contribution >= 4 is 12.4 Å². The lowest BCUT2D eigenvalue weighted by molar-refractivity contribution is -0.109. The van der Waals surface area contributed by atoms with Gasteiger partial charge in [0.2, 0.25) is 0 Å². The van der Waals surface area contributed by atoms with Crippen molar-refractivity contribution in [2.24, 2.45) is 0 Å². The largest absolute Gasteiger partial charge is 0.445 e. The van der Waals surface area contributed by atoms with Gasteiger partial charge in [0.05, 0.1) is 0 Å². The predicted octanol–water partition coefficient (Wildman–Crippen LogP) is 5.98. The maximum absolute atomic E-state index is 13.0. The molecule has 4 heteroatoms. The third-order valence-electron chi connectivity index (χ3n) is 5.45. The maximum atomic E-state index is 13.0. The minimum atomic E-state index is -0.345. The molecule has 0 aliphatic heterocycles. The normalized spacial score (nSPS) is 12.5. The van der Waals surface area contributed by atoms with Crippen LogP contribution in [0.5, 0.6) is 0 Å². The van der Waals surface area contributed by atoms with Gasteiger partial charge in [-0.1, -0.05) is 91.0 Å². The summed E-state index contributed by atoms with van der Waals surface area (Å²) in [5, 5.41) is 0. The zero-order valence-electron chi connectivity index (χ0n) is 17.9. The lowest BCUT2D eigenvalue weighted by atomic mass is 9.93. The van der Waals surface area contributed by atoms with E-state index in [9.17, 15) is 9.59 Å². The van der Waals surface area contributed by atoms with Crippen LogP contribution in [0.25, 0.3) is 0 Å². The number of hydrogen-bond donors (Lipinski definition) is 0. The summed E-state index contributed by atoms with van der Waals surface area (Å²) in [6, 6.07) is 29.3. The van der Waals surface area contributed by atoms with Gasteiger partial charge in [0.25, 0.3) is 0 Å². The average molecular weight is 416 g/mol. The number of nitrogens with zero attached hydrogens (tertiary/aromatic N) is 1. The van der Waals surface area contributed by atoms with Gasteiger partial charge in [-0.3, -0.25) is 0 Å². The minimum absolute atomic E-state index is 0.0744. The van der Waals surface area contributed by atoms with Crippen molar-refractivity contribution in [3.05, 3.63) is 108 Å². The van der Waals surface area contributed by atoms with Crippen molar-refractivity contribution in [2.45, 2.75) is 44.9 Å². The number of ether oxygens (including phenoxy) is 1. The van der Waals surface area contributed by atoms with Gasteiger partial charge in [-0.25, -0.2) is 4.79 Å². The third kappa shape index (κ3) is 6.82. The van der Waals surface area contributed by atoms with E-state index in [0.717, 1.165) is 23.0 Å². The first-order valence-electron chi connectivity index (χ1n) is 10.7. The summed E-state index contributed by atoms with van der Waals surface area (Å²) in [5.74, 6) is -0.178. The molecule has 160 valence electrons. The molecule has 0 spiro atoms. The molecule has 4 nitrogen and oxygen atoms in total. The van der Waals surface area contributed by atoms with Crippen LogP contribution < -0.4 is 0 Å². The third-order valence-corrected chi connectivity index (χ3v) is 5.45. The van der Waals surface area contributed by atoms with E-state index in [1.807, 2.05) is 97.9 Å². The number of rotatable bonds is 10. The lowest BCUT2D eigenvalue weighted by Gasteiger charge is -2.29. The van der Waals surface area contributed by atoms with Crippen molar-refractivity contribution in [2.75, 3.05) is 0 Å². The topological polar surface area (TPSA) is 46.6 Å². The first kappa shape index (κ1) is 22.3. The molecule has 0 aromatic heterocycles. The summed E-state index contributed by atoms with van der Waals surface area (Å²) in [5.41, 5.74) is 3.00. The van der Waals surface area contributed by atoms with Gasteiger partial charge in [0.15, 0.2) is 0 Å². The first-order chi connectivity index (χ1) is 15.2. The highest BCUT2D eigenvalue weighted by atomic mass is 16.6.